The third-order valence-electron chi connectivity index (χ3n) is 3.04. The van der Waals surface area contributed by atoms with Gasteiger partial charge in [0.05, 0.1) is 0 Å². The van der Waals surface area contributed by atoms with Crippen LogP contribution < -0.4 is 5.32 Å². The molecular weight excluding hydrogens is 198 g/mol. The number of rotatable bonds is 6. The highest BCUT2D eigenvalue weighted by Gasteiger charge is 2.09. The van der Waals surface area contributed by atoms with Gasteiger partial charge in [0.15, 0.2) is 0 Å². The highest BCUT2D eigenvalue weighted by Crippen LogP contribution is 2.19. The van der Waals surface area contributed by atoms with Gasteiger partial charge < -0.3 is 10.1 Å². The monoisotopic (exact) mass is 221 g/mol. The van der Waals surface area contributed by atoms with Crippen molar-refractivity contribution in [3.05, 3.63) is 34.9 Å². The number of benzene rings is 1. The zero-order valence-electron chi connectivity index (χ0n) is 10.8. The lowest BCUT2D eigenvalue weighted by atomic mass is 9.99. The zero-order chi connectivity index (χ0) is 12.0. The van der Waals surface area contributed by atoms with Gasteiger partial charge in [-0.2, -0.15) is 0 Å². The Labute approximate surface area is 99.0 Å². The van der Waals surface area contributed by atoms with Gasteiger partial charge in [0.2, 0.25) is 0 Å². The number of hydrogen-bond donors (Lipinski definition) is 1. The minimum absolute atomic E-state index is 0.394. The molecule has 0 radical (unpaired) electrons. The third-order valence-corrected chi connectivity index (χ3v) is 3.04. The van der Waals surface area contributed by atoms with Crippen LogP contribution >= 0.6 is 0 Å². The second-order valence-corrected chi connectivity index (χ2v) is 4.17. The molecule has 1 aromatic rings. The van der Waals surface area contributed by atoms with E-state index < -0.39 is 0 Å². The Bertz CT molecular complexity index is 323. The summed E-state index contributed by atoms with van der Waals surface area (Å²) in [6, 6.07) is 7.05. The molecule has 1 aromatic carbocycles. The van der Waals surface area contributed by atoms with E-state index >= 15 is 0 Å². The molecule has 0 amide bonds. The Morgan fingerprint density at radius 2 is 2.00 bits per heavy atom. The molecular formula is C14H23NO. The first-order valence-electron chi connectivity index (χ1n) is 6.01. The molecule has 2 nitrogen and oxygen atoms in total. The fourth-order valence-electron chi connectivity index (χ4n) is 1.80. The molecule has 0 heterocycles. The van der Waals surface area contributed by atoms with Gasteiger partial charge >= 0.3 is 0 Å². The summed E-state index contributed by atoms with van der Waals surface area (Å²) in [5, 5.41) is 3.34. The van der Waals surface area contributed by atoms with Crippen molar-refractivity contribution in [3.8, 4) is 0 Å². The molecule has 0 saturated heterocycles. The minimum atomic E-state index is 0.394. The number of aryl methyl sites for hydroxylation is 2. The van der Waals surface area contributed by atoms with Crippen molar-refractivity contribution in [3.63, 3.8) is 0 Å². The van der Waals surface area contributed by atoms with E-state index in [1.54, 1.807) is 0 Å². The van der Waals surface area contributed by atoms with E-state index in [1.165, 1.54) is 16.7 Å². The van der Waals surface area contributed by atoms with Crippen molar-refractivity contribution < 1.29 is 4.74 Å². The van der Waals surface area contributed by atoms with Crippen molar-refractivity contribution in [1.29, 1.82) is 0 Å². The highest BCUT2D eigenvalue weighted by molar-refractivity contribution is 5.31. The van der Waals surface area contributed by atoms with E-state index in [2.05, 4.69) is 37.4 Å². The minimum Gasteiger partial charge on any atom is -0.382 e. The maximum atomic E-state index is 5.40. The molecule has 16 heavy (non-hydrogen) atoms. The lowest BCUT2D eigenvalue weighted by Crippen LogP contribution is -2.18. The molecule has 0 spiro atoms. The maximum absolute atomic E-state index is 5.40. The van der Waals surface area contributed by atoms with Gasteiger partial charge in [-0.25, -0.2) is 0 Å². The standard InChI is InChI=1S/C14H23NO/c1-5-16-9-8-14(15-4)13-7-6-11(2)12(3)10-13/h6-7,10,14-15H,5,8-9H2,1-4H3. The van der Waals surface area contributed by atoms with E-state index in [4.69, 9.17) is 4.74 Å². The van der Waals surface area contributed by atoms with Crippen molar-refractivity contribution in [2.75, 3.05) is 20.3 Å². The van der Waals surface area contributed by atoms with Gasteiger partial charge in [-0.15, -0.1) is 0 Å². The zero-order valence-corrected chi connectivity index (χ0v) is 10.8. The third kappa shape index (κ3) is 3.62. The first-order valence-corrected chi connectivity index (χ1v) is 6.01. The fraction of sp³-hybridized carbons (Fsp3) is 0.571. The molecule has 0 aromatic heterocycles. The van der Waals surface area contributed by atoms with Crippen LogP contribution in [0, 0.1) is 13.8 Å². The Morgan fingerprint density at radius 3 is 2.56 bits per heavy atom. The Kier molecular flexibility index (Phi) is 5.50. The van der Waals surface area contributed by atoms with E-state index in [-0.39, 0.29) is 0 Å². The molecule has 1 N–H and O–H groups in total. The Hall–Kier alpha value is -0.860. The quantitative estimate of drug-likeness (QED) is 0.746. The van der Waals surface area contributed by atoms with Crippen LogP contribution in [0.1, 0.15) is 36.1 Å². The molecule has 0 saturated carbocycles. The Balaban J connectivity index is 2.67. The molecule has 0 fully saturated rings. The number of ether oxygens (including phenoxy) is 1. The van der Waals surface area contributed by atoms with E-state index in [0.29, 0.717) is 6.04 Å². The van der Waals surface area contributed by atoms with Gasteiger partial charge in [-0.1, -0.05) is 18.2 Å². The molecule has 1 atom stereocenters. The van der Waals surface area contributed by atoms with Gasteiger partial charge in [-0.05, 0) is 50.9 Å². The molecule has 1 rings (SSSR count). The predicted molar refractivity (Wildman–Crippen MR) is 68.8 cm³/mol. The molecule has 90 valence electrons. The summed E-state index contributed by atoms with van der Waals surface area (Å²) < 4.78 is 5.40. The fourth-order valence-corrected chi connectivity index (χ4v) is 1.80. The van der Waals surface area contributed by atoms with E-state index in [0.717, 1.165) is 19.6 Å². The van der Waals surface area contributed by atoms with Crippen LogP contribution in [0.4, 0.5) is 0 Å². The van der Waals surface area contributed by atoms with Crippen LogP contribution in [0.25, 0.3) is 0 Å². The highest BCUT2D eigenvalue weighted by atomic mass is 16.5. The summed E-state index contributed by atoms with van der Waals surface area (Å²) in [5.74, 6) is 0. The average molecular weight is 221 g/mol. The number of hydrogen-bond acceptors (Lipinski definition) is 2. The Morgan fingerprint density at radius 1 is 1.25 bits per heavy atom. The van der Waals surface area contributed by atoms with Gasteiger partial charge in [0.25, 0.3) is 0 Å². The smallest absolute Gasteiger partial charge is 0.0484 e. The summed E-state index contributed by atoms with van der Waals surface area (Å²) in [6.45, 7) is 7.95. The lowest BCUT2D eigenvalue weighted by Gasteiger charge is -2.17. The lowest BCUT2D eigenvalue weighted by molar-refractivity contribution is 0.137. The molecule has 0 aliphatic rings. The van der Waals surface area contributed by atoms with Crippen molar-refractivity contribution >= 4 is 0 Å². The largest absolute Gasteiger partial charge is 0.382 e. The second kappa shape index (κ2) is 6.66. The van der Waals surface area contributed by atoms with Gasteiger partial charge in [-0.3, -0.25) is 0 Å². The van der Waals surface area contributed by atoms with Gasteiger partial charge in [0.1, 0.15) is 0 Å². The van der Waals surface area contributed by atoms with Crippen LogP contribution in [0.3, 0.4) is 0 Å². The van der Waals surface area contributed by atoms with Crippen molar-refractivity contribution in [2.24, 2.45) is 0 Å². The van der Waals surface area contributed by atoms with Crippen molar-refractivity contribution in [2.45, 2.75) is 33.2 Å². The molecule has 0 bridgehead atoms. The van der Waals surface area contributed by atoms with Gasteiger partial charge in [0, 0.05) is 19.3 Å². The van der Waals surface area contributed by atoms with E-state index in [1.807, 2.05) is 14.0 Å². The topological polar surface area (TPSA) is 21.3 Å². The summed E-state index contributed by atoms with van der Waals surface area (Å²) in [5.41, 5.74) is 4.06. The van der Waals surface area contributed by atoms with Crippen LogP contribution in [-0.4, -0.2) is 20.3 Å². The summed E-state index contributed by atoms with van der Waals surface area (Å²) >= 11 is 0. The van der Waals surface area contributed by atoms with Crippen LogP contribution in [0.5, 0.6) is 0 Å². The van der Waals surface area contributed by atoms with Crippen LogP contribution in [0.2, 0.25) is 0 Å². The summed E-state index contributed by atoms with van der Waals surface area (Å²) in [7, 11) is 2.01. The predicted octanol–water partition coefficient (Wildman–Crippen LogP) is 2.99. The average Bonchev–Trinajstić information content (AvgIpc) is 2.29. The normalized spacial score (nSPS) is 12.8. The summed E-state index contributed by atoms with van der Waals surface area (Å²) in [4.78, 5) is 0. The SMILES string of the molecule is CCOCCC(NC)c1ccc(C)c(C)c1. The maximum Gasteiger partial charge on any atom is 0.0484 e. The van der Waals surface area contributed by atoms with Crippen LogP contribution in [-0.2, 0) is 4.74 Å². The van der Waals surface area contributed by atoms with E-state index in [9.17, 15) is 0 Å². The molecule has 0 aliphatic carbocycles. The number of nitrogens with one attached hydrogen (secondary N) is 1. The molecule has 0 aliphatic heterocycles. The first-order chi connectivity index (χ1) is 7.69. The first kappa shape index (κ1) is 13.2. The molecule has 2 heteroatoms. The van der Waals surface area contributed by atoms with Crippen LogP contribution in [0.15, 0.2) is 18.2 Å². The summed E-state index contributed by atoms with van der Waals surface area (Å²) in [6.07, 6.45) is 1.02. The molecule has 1 unspecified atom stereocenters. The second-order valence-electron chi connectivity index (χ2n) is 4.17. The van der Waals surface area contributed by atoms with Crippen molar-refractivity contribution in [1.82, 2.24) is 5.32 Å².